The predicted molar refractivity (Wildman–Crippen MR) is 90.0 cm³/mol. The first kappa shape index (κ1) is 13.9. The largest absolute Gasteiger partial charge is 0.506 e. The minimum Gasteiger partial charge on any atom is -0.506 e. The van der Waals surface area contributed by atoms with E-state index in [-0.39, 0.29) is 22.3 Å². The number of allylic oxidation sites excluding steroid dienone is 1. The number of phenols is 1. The average Bonchev–Trinajstić information content (AvgIpc) is 2.87. The average molecular weight is 323 g/mol. The van der Waals surface area contributed by atoms with Crippen LogP contribution in [0, 0.1) is 0 Å². The Hall–Kier alpha value is -2.78. The van der Waals surface area contributed by atoms with E-state index in [1.54, 1.807) is 24.3 Å². The second-order valence-electron chi connectivity index (χ2n) is 5.31. The highest BCUT2D eigenvalue weighted by molar-refractivity contribution is 6.32. The second-order valence-corrected chi connectivity index (χ2v) is 5.72. The Morgan fingerprint density at radius 2 is 1.87 bits per heavy atom. The molecule has 1 N–H and O–H groups in total. The third-order valence-corrected chi connectivity index (χ3v) is 4.13. The van der Waals surface area contributed by atoms with Gasteiger partial charge in [-0.1, -0.05) is 48.0 Å². The summed E-state index contributed by atoms with van der Waals surface area (Å²) >= 11 is 5.90. The van der Waals surface area contributed by atoms with Crippen LogP contribution in [0.15, 0.2) is 60.4 Å². The summed E-state index contributed by atoms with van der Waals surface area (Å²) in [4.78, 5) is 12.7. The van der Waals surface area contributed by atoms with Crippen molar-refractivity contribution in [1.29, 1.82) is 0 Å². The molecule has 3 aromatic carbocycles. The maximum Gasteiger partial charge on any atom is 0.232 e. The van der Waals surface area contributed by atoms with Crippen molar-refractivity contribution in [1.82, 2.24) is 0 Å². The van der Waals surface area contributed by atoms with E-state index in [1.165, 1.54) is 6.07 Å². The number of carbonyl (C=O) groups excluding carboxylic acids is 1. The fourth-order valence-electron chi connectivity index (χ4n) is 2.72. The van der Waals surface area contributed by atoms with E-state index in [9.17, 15) is 9.90 Å². The molecule has 0 fully saturated rings. The van der Waals surface area contributed by atoms with Crippen molar-refractivity contribution in [2.45, 2.75) is 0 Å². The van der Waals surface area contributed by atoms with Crippen molar-refractivity contribution >= 4 is 34.2 Å². The molecule has 0 saturated heterocycles. The SMILES string of the molecule is O=C1/C(=C/c2ccc(O)c(Cl)c2)Oc2ccc3ccccc3c21. The number of hydrogen-bond acceptors (Lipinski definition) is 3. The van der Waals surface area contributed by atoms with E-state index in [4.69, 9.17) is 16.3 Å². The maximum atomic E-state index is 12.7. The molecule has 1 aliphatic heterocycles. The highest BCUT2D eigenvalue weighted by atomic mass is 35.5. The van der Waals surface area contributed by atoms with Gasteiger partial charge in [-0.3, -0.25) is 4.79 Å². The Morgan fingerprint density at radius 3 is 2.70 bits per heavy atom. The molecule has 112 valence electrons. The Labute approximate surface area is 137 Å². The van der Waals surface area contributed by atoms with Gasteiger partial charge in [-0.25, -0.2) is 0 Å². The summed E-state index contributed by atoms with van der Waals surface area (Å²) < 4.78 is 5.71. The summed E-state index contributed by atoms with van der Waals surface area (Å²) in [5.41, 5.74) is 1.27. The second kappa shape index (κ2) is 5.14. The molecule has 0 atom stereocenters. The van der Waals surface area contributed by atoms with Gasteiger partial charge < -0.3 is 9.84 Å². The van der Waals surface area contributed by atoms with E-state index >= 15 is 0 Å². The monoisotopic (exact) mass is 322 g/mol. The molecule has 4 heteroatoms. The quantitative estimate of drug-likeness (QED) is 0.654. The fourth-order valence-corrected chi connectivity index (χ4v) is 2.91. The van der Waals surface area contributed by atoms with Gasteiger partial charge in [0.25, 0.3) is 0 Å². The minimum atomic E-state index is -0.152. The van der Waals surface area contributed by atoms with Crippen LogP contribution in [0.2, 0.25) is 5.02 Å². The number of halogens is 1. The van der Waals surface area contributed by atoms with Gasteiger partial charge in [-0.05, 0) is 40.6 Å². The van der Waals surface area contributed by atoms with Crippen molar-refractivity contribution in [3.8, 4) is 11.5 Å². The zero-order valence-electron chi connectivity index (χ0n) is 11.9. The lowest BCUT2D eigenvalue weighted by Crippen LogP contribution is -1.98. The van der Waals surface area contributed by atoms with Crippen molar-refractivity contribution in [3.05, 3.63) is 76.5 Å². The van der Waals surface area contributed by atoms with Gasteiger partial charge in [-0.15, -0.1) is 0 Å². The van der Waals surface area contributed by atoms with Gasteiger partial charge in [0.05, 0.1) is 10.6 Å². The summed E-state index contributed by atoms with van der Waals surface area (Å²) in [7, 11) is 0. The lowest BCUT2D eigenvalue weighted by atomic mass is 10.0. The van der Waals surface area contributed by atoms with Gasteiger partial charge in [-0.2, -0.15) is 0 Å². The minimum absolute atomic E-state index is 0.00163. The summed E-state index contributed by atoms with van der Waals surface area (Å²) in [6, 6.07) is 16.2. The van der Waals surface area contributed by atoms with Gasteiger partial charge in [0, 0.05) is 0 Å². The molecule has 0 amide bonds. The Bertz CT molecular complexity index is 989. The molecule has 1 aliphatic rings. The first-order valence-electron chi connectivity index (χ1n) is 7.08. The number of benzene rings is 3. The number of ketones is 1. The first-order valence-corrected chi connectivity index (χ1v) is 7.46. The summed E-state index contributed by atoms with van der Waals surface area (Å²) in [6.45, 7) is 0. The molecule has 4 rings (SSSR count). The number of Topliss-reactive ketones (excluding diaryl/α,β-unsaturated/α-hetero) is 1. The normalized spacial score (nSPS) is 15.0. The summed E-state index contributed by atoms with van der Waals surface area (Å²) in [5.74, 6) is 0.658. The van der Waals surface area contributed by atoms with Crippen LogP contribution < -0.4 is 4.74 Å². The van der Waals surface area contributed by atoms with Crippen molar-refractivity contribution < 1.29 is 14.6 Å². The van der Waals surface area contributed by atoms with Gasteiger partial charge in [0.2, 0.25) is 5.78 Å². The molecule has 0 saturated carbocycles. The third-order valence-electron chi connectivity index (χ3n) is 3.83. The van der Waals surface area contributed by atoms with Crippen LogP contribution in [0.5, 0.6) is 11.5 Å². The van der Waals surface area contributed by atoms with E-state index in [2.05, 4.69) is 0 Å². The number of fused-ring (bicyclic) bond motifs is 3. The molecule has 0 unspecified atom stereocenters. The molecule has 0 radical (unpaired) electrons. The molecule has 1 heterocycles. The molecule has 3 aromatic rings. The highest BCUT2D eigenvalue weighted by Crippen LogP contribution is 2.37. The number of ether oxygens (including phenoxy) is 1. The third kappa shape index (κ3) is 2.26. The van der Waals surface area contributed by atoms with Gasteiger partial charge >= 0.3 is 0 Å². The smallest absolute Gasteiger partial charge is 0.232 e. The van der Waals surface area contributed by atoms with Crippen LogP contribution in [0.3, 0.4) is 0 Å². The number of phenolic OH excluding ortho intramolecular Hbond substituents is 1. The molecule has 0 spiro atoms. The van der Waals surface area contributed by atoms with Crippen LogP contribution in [0.1, 0.15) is 15.9 Å². The molecule has 0 bridgehead atoms. The van der Waals surface area contributed by atoms with Crippen molar-refractivity contribution in [3.63, 3.8) is 0 Å². The highest BCUT2D eigenvalue weighted by Gasteiger charge is 2.29. The van der Waals surface area contributed by atoms with Crippen LogP contribution in [-0.4, -0.2) is 10.9 Å². The molecule has 3 nitrogen and oxygen atoms in total. The van der Waals surface area contributed by atoms with Crippen molar-refractivity contribution in [2.24, 2.45) is 0 Å². The Balaban J connectivity index is 1.81. The zero-order valence-corrected chi connectivity index (χ0v) is 12.7. The number of carbonyl (C=O) groups is 1. The van der Waals surface area contributed by atoms with Gasteiger partial charge in [0.15, 0.2) is 5.76 Å². The molecular formula is C19H11ClO3. The van der Waals surface area contributed by atoms with E-state index < -0.39 is 0 Å². The predicted octanol–water partition coefficient (Wildman–Crippen LogP) is 4.82. The summed E-state index contributed by atoms with van der Waals surface area (Å²) in [6.07, 6.45) is 1.63. The Kier molecular flexibility index (Phi) is 3.10. The topological polar surface area (TPSA) is 46.5 Å². The molecule has 0 aromatic heterocycles. The van der Waals surface area contributed by atoms with Crippen LogP contribution in [0.4, 0.5) is 0 Å². The molecular weight excluding hydrogens is 312 g/mol. The van der Waals surface area contributed by atoms with Crippen LogP contribution in [-0.2, 0) is 0 Å². The number of hydrogen-bond donors (Lipinski definition) is 1. The zero-order chi connectivity index (χ0) is 16.0. The van der Waals surface area contributed by atoms with Crippen molar-refractivity contribution in [2.75, 3.05) is 0 Å². The maximum absolute atomic E-state index is 12.7. The van der Waals surface area contributed by atoms with Crippen LogP contribution in [0.25, 0.3) is 16.8 Å². The molecule has 0 aliphatic carbocycles. The number of rotatable bonds is 1. The molecule has 23 heavy (non-hydrogen) atoms. The lowest BCUT2D eigenvalue weighted by molar-refractivity contribution is 0.101. The Morgan fingerprint density at radius 1 is 1.04 bits per heavy atom. The van der Waals surface area contributed by atoms with E-state index in [1.807, 2.05) is 30.3 Å². The lowest BCUT2D eigenvalue weighted by Gasteiger charge is -2.01. The van der Waals surface area contributed by atoms with Crippen LogP contribution >= 0.6 is 11.6 Å². The van der Waals surface area contributed by atoms with Gasteiger partial charge in [0.1, 0.15) is 11.5 Å². The van der Waals surface area contributed by atoms with E-state index in [0.717, 1.165) is 10.8 Å². The summed E-state index contributed by atoms with van der Waals surface area (Å²) in [5, 5.41) is 11.6. The standard InChI is InChI=1S/C19H11ClO3/c20-14-9-11(5-7-15(14)21)10-17-19(22)18-13-4-2-1-3-12(13)6-8-16(18)23-17/h1-10,21H/b17-10-. The fraction of sp³-hybridized carbons (Fsp3) is 0. The number of aromatic hydroxyl groups is 1. The van der Waals surface area contributed by atoms with E-state index in [0.29, 0.717) is 16.9 Å². The first-order chi connectivity index (χ1) is 11.1.